The lowest BCUT2D eigenvalue weighted by atomic mass is 10.1. The van der Waals surface area contributed by atoms with Crippen LogP contribution in [0.3, 0.4) is 0 Å². The van der Waals surface area contributed by atoms with Gasteiger partial charge in [0.25, 0.3) is 0 Å². The van der Waals surface area contributed by atoms with Crippen LogP contribution >= 0.6 is 0 Å². The molecular formula is C20H24F3N5O3. The number of hydrogen-bond acceptors (Lipinski definition) is 7. The number of esters is 1. The first-order valence-corrected chi connectivity index (χ1v) is 9.70. The van der Waals surface area contributed by atoms with E-state index in [-0.39, 0.29) is 48.9 Å². The van der Waals surface area contributed by atoms with Gasteiger partial charge in [0.15, 0.2) is 5.96 Å². The van der Waals surface area contributed by atoms with Gasteiger partial charge in [0.05, 0.1) is 18.7 Å². The third kappa shape index (κ3) is 8.54. The van der Waals surface area contributed by atoms with Gasteiger partial charge in [-0.15, -0.1) is 13.2 Å². The Kier molecular flexibility index (Phi) is 8.66. The number of para-hydroxylation sites is 1. The molecule has 11 heteroatoms. The number of amidine groups is 1. The summed E-state index contributed by atoms with van der Waals surface area (Å²) in [5.41, 5.74) is 0.286. The standard InChI is InChI=1S/C20H24F3N5O3/c1-13(2)30-17(29)8-5-9-25-18-15(10-24)12-27-19(28-18)26-11-14-6-3-4-7-16(14)31-20(21,22)23/h3-4,6-7,13,15H,5,8-9,11-12H2,1-2H3,(H2,25,26,27,28). The normalized spacial score (nSPS) is 17.5. The maximum absolute atomic E-state index is 12.6. The Hall–Kier alpha value is -3.29. The zero-order valence-corrected chi connectivity index (χ0v) is 17.2. The summed E-state index contributed by atoms with van der Waals surface area (Å²) in [7, 11) is 0. The number of nitrogens with zero attached hydrogens (tertiary/aromatic N) is 3. The second-order valence-electron chi connectivity index (χ2n) is 6.91. The fourth-order valence-electron chi connectivity index (χ4n) is 2.67. The van der Waals surface area contributed by atoms with Crippen molar-refractivity contribution in [1.29, 1.82) is 5.26 Å². The number of rotatable bonds is 8. The van der Waals surface area contributed by atoms with Crippen molar-refractivity contribution in [2.45, 2.75) is 45.7 Å². The van der Waals surface area contributed by atoms with Crippen molar-refractivity contribution < 1.29 is 27.4 Å². The van der Waals surface area contributed by atoms with E-state index in [1.54, 1.807) is 19.9 Å². The van der Waals surface area contributed by atoms with Crippen LogP contribution in [0.4, 0.5) is 13.2 Å². The minimum atomic E-state index is -4.79. The van der Waals surface area contributed by atoms with E-state index in [1.807, 2.05) is 0 Å². The molecule has 1 aliphatic heterocycles. The molecule has 0 aliphatic carbocycles. The summed E-state index contributed by atoms with van der Waals surface area (Å²) in [4.78, 5) is 20.1. The first kappa shape index (κ1) is 24.0. The van der Waals surface area contributed by atoms with Gasteiger partial charge in [-0.1, -0.05) is 18.2 Å². The minimum absolute atomic E-state index is 0.0175. The van der Waals surface area contributed by atoms with Crippen LogP contribution in [0, 0.1) is 17.2 Å². The van der Waals surface area contributed by atoms with Gasteiger partial charge in [-0.3, -0.25) is 14.8 Å². The second kappa shape index (κ2) is 11.2. The summed E-state index contributed by atoms with van der Waals surface area (Å²) in [6.07, 6.45) is -4.31. The van der Waals surface area contributed by atoms with Crippen molar-refractivity contribution in [1.82, 2.24) is 10.6 Å². The van der Waals surface area contributed by atoms with Crippen LogP contribution in [0.2, 0.25) is 0 Å². The van der Waals surface area contributed by atoms with E-state index in [4.69, 9.17) is 4.74 Å². The Morgan fingerprint density at radius 3 is 2.84 bits per heavy atom. The lowest BCUT2D eigenvalue weighted by Crippen LogP contribution is -2.47. The fourth-order valence-corrected chi connectivity index (χ4v) is 2.67. The van der Waals surface area contributed by atoms with Crippen LogP contribution < -0.4 is 15.4 Å². The van der Waals surface area contributed by atoms with E-state index >= 15 is 0 Å². The Labute approximate surface area is 178 Å². The molecule has 0 saturated heterocycles. The summed E-state index contributed by atoms with van der Waals surface area (Å²) < 4.78 is 46.7. The number of aliphatic imine (C=N–C) groups is 2. The highest BCUT2D eigenvalue weighted by Crippen LogP contribution is 2.26. The van der Waals surface area contributed by atoms with E-state index < -0.39 is 12.3 Å². The van der Waals surface area contributed by atoms with Crippen molar-refractivity contribution in [3.8, 4) is 11.8 Å². The lowest BCUT2D eigenvalue weighted by Gasteiger charge is -2.22. The summed E-state index contributed by atoms with van der Waals surface area (Å²) >= 11 is 0. The molecule has 0 bridgehead atoms. The predicted molar refractivity (Wildman–Crippen MR) is 107 cm³/mol. The molecule has 2 N–H and O–H groups in total. The van der Waals surface area contributed by atoms with Gasteiger partial charge in [0.2, 0.25) is 0 Å². The maximum atomic E-state index is 12.6. The quantitative estimate of drug-likeness (QED) is 0.476. The van der Waals surface area contributed by atoms with Crippen LogP contribution in [0.15, 0.2) is 34.3 Å². The molecule has 31 heavy (non-hydrogen) atoms. The largest absolute Gasteiger partial charge is 0.573 e. The van der Waals surface area contributed by atoms with Gasteiger partial charge in [0, 0.05) is 25.1 Å². The topological polar surface area (TPSA) is 108 Å². The van der Waals surface area contributed by atoms with Gasteiger partial charge in [-0.25, -0.2) is 0 Å². The molecule has 2 rings (SSSR count). The number of carbonyl (C=O) groups excluding carboxylic acids is 1. The van der Waals surface area contributed by atoms with Crippen LogP contribution in [0.25, 0.3) is 0 Å². The Bertz CT molecular complexity index is 862. The Morgan fingerprint density at radius 2 is 2.16 bits per heavy atom. The number of alkyl halides is 3. The van der Waals surface area contributed by atoms with Crippen LogP contribution in [-0.2, 0) is 16.1 Å². The van der Waals surface area contributed by atoms with Crippen molar-refractivity contribution in [3.63, 3.8) is 0 Å². The molecule has 0 aromatic heterocycles. The highest BCUT2D eigenvalue weighted by Gasteiger charge is 2.32. The van der Waals surface area contributed by atoms with Gasteiger partial charge < -0.3 is 20.1 Å². The van der Waals surface area contributed by atoms with Gasteiger partial charge in [-0.05, 0) is 26.3 Å². The average molecular weight is 439 g/mol. The predicted octanol–water partition coefficient (Wildman–Crippen LogP) is 2.90. The van der Waals surface area contributed by atoms with Crippen LogP contribution in [-0.4, -0.2) is 43.3 Å². The molecule has 0 radical (unpaired) electrons. The molecule has 1 aromatic carbocycles. The van der Waals surface area contributed by atoms with Crippen molar-refractivity contribution in [3.05, 3.63) is 29.8 Å². The summed E-state index contributed by atoms with van der Waals surface area (Å²) in [5, 5.41) is 15.1. The number of guanidine groups is 1. The smallest absolute Gasteiger partial charge is 0.463 e. The summed E-state index contributed by atoms with van der Waals surface area (Å²) in [6.45, 7) is 4.01. The molecule has 1 unspecified atom stereocenters. The van der Waals surface area contributed by atoms with E-state index in [2.05, 4.69) is 31.4 Å². The van der Waals surface area contributed by atoms with Gasteiger partial charge in [0.1, 0.15) is 17.5 Å². The van der Waals surface area contributed by atoms with Gasteiger partial charge in [-0.2, -0.15) is 5.26 Å². The second-order valence-corrected chi connectivity index (χ2v) is 6.91. The molecule has 168 valence electrons. The van der Waals surface area contributed by atoms with E-state index in [0.29, 0.717) is 18.8 Å². The number of nitrogens with one attached hydrogen (secondary N) is 2. The highest BCUT2D eigenvalue weighted by molar-refractivity contribution is 6.03. The summed E-state index contributed by atoms with van der Waals surface area (Å²) in [5.74, 6) is -0.527. The summed E-state index contributed by atoms with van der Waals surface area (Å²) in [6, 6.07) is 7.86. The molecule has 0 fully saturated rings. The number of halogens is 3. The Morgan fingerprint density at radius 1 is 1.42 bits per heavy atom. The van der Waals surface area contributed by atoms with Crippen LogP contribution in [0.5, 0.6) is 5.75 Å². The molecule has 1 heterocycles. The molecule has 0 spiro atoms. The molecule has 8 nitrogen and oxygen atoms in total. The average Bonchev–Trinajstić information content (AvgIpc) is 2.69. The molecule has 0 saturated carbocycles. The molecule has 0 amide bonds. The van der Waals surface area contributed by atoms with Gasteiger partial charge >= 0.3 is 12.3 Å². The number of benzene rings is 1. The highest BCUT2D eigenvalue weighted by atomic mass is 19.4. The third-order valence-corrected chi connectivity index (χ3v) is 4.00. The lowest BCUT2D eigenvalue weighted by molar-refractivity contribution is -0.274. The number of nitriles is 1. The monoisotopic (exact) mass is 439 g/mol. The Balaban J connectivity index is 1.93. The van der Waals surface area contributed by atoms with E-state index in [9.17, 15) is 23.2 Å². The van der Waals surface area contributed by atoms with Crippen molar-refractivity contribution >= 4 is 17.8 Å². The first-order valence-electron chi connectivity index (χ1n) is 9.70. The SMILES string of the molecule is CC(C)OC(=O)CCCN=C1NC(NCc2ccccc2OC(F)(F)F)=NCC1C#N. The molecule has 1 atom stereocenters. The fraction of sp³-hybridized carbons (Fsp3) is 0.500. The molecular weight excluding hydrogens is 415 g/mol. The third-order valence-electron chi connectivity index (χ3n) is 4.00. The zero-order valence-electron chi connectivity index (χ0n) is 17.2. The van der Waals surface area contributed by atoms with Crippen molar-refractivity contribution in [2.24, 2.45) is 15.9 Å². The zero-order chi connectivity index (χ0) is 22.9. The molecule has 1 aromatic rings. The number of ether oxygens (including phenoxy) is 2. The number of hydrogen-bond donors (Lipinski definition) is 2. The van der Waals surface area contributed by atoms with Crippen LogP contribution in [0.1, 0.15) is 32.3 Å². The van der Waals surface area contributed by atoms with E-state index in [0.717, 1.165) is 0 Å². The first-order chi connectivity index (χ1) is 14.7. The maximum Gasteiger partial charge on any atom is 0.573 e. The van der Waals surface area contributed by atoms with E-state index in [1.165, 1.54) is 18.2 Å². The molecule has 1 aliphatic rings. The minimum Gasteiger partial charge on any atom is -0.463 e. The number of carbonyl (C=O) groups is 1. The van der Waals surface area contributed by atoms with Crippen molar-refractivity contribution in [2.75, 3.05) is 13.1 Å².